The Morgan fingerprint density at radius 2 is 1.07 bits per heavy atom. The quantitative estimate of drug-likeness (QED) is 0.634. The van der Waals surface area contributed by atoms with Gasteiger partial charge in [0.2, 0.25) is 0 Å². The fourth-order valence-electron chi connectivity index (χ4n) is 2.00. The van der Waals surface area contributed by atoms with E-state index >= 15 is 0 Å². The molecule has 15 heavy (non-hydrogen) atoms. The normalized spacial score (nSPS) is 12.8. The Morgan fingerprint density at radius 1 is 0.733 bits per heavy atom. The number of rotatable bonds is 8. The third-order valence-corrected chi connectivity index (χ3v) is 19.6. The second-order valence-electron chi connectivity index (χ2n) is 5.31. The summed E-state index contributed by atoms with van der Waals surface area (Å²) in [4.78, 5) is 4.71. The van der Waals surface area contributed by atoms with Crippen molar-refractivity contribution < 1.29 is 0 Å². The Hall–Kier alpha value is 0.719. The molecule has 0 aromatic heterocycles. The van der Waals surface area contributed by atoms with Crippen LogP contribution in [0.2, 0.25) is 17.7 Å². The molecule has 0 saturated heterocycles. The van der Waals surface area contributed by atoms with E-state index in [9.17, 15) is 0 Å². The summed E-state index contributed by atoms with van der Waals surface area (Å²) in [6.45, 7) is 7.49. The Balaban J connectivity index is 4.17. The Bertz CT molecular complexity index is 140. The molecule has 0 saturated carbocycles. The topological polar surface area (TPSA) is 6.48 Å². The van der Waals surface area contributed by atoms with E-state index in [-0.39, 0.29) is 0 Å². The van der Waals surface area contributed by atoms with Crippen molar-refractivity contribution in [3.63, 3.8) is 0 Å². The Kier molecular flexibility index (Phi) is 8.28. The molecule has 0 aliphatic rings. The molecule has 0 aromatic rings. The average molecular weight is 321 g/mol. The van der Waals surface area contributed by atoms with Crippen molar-refractivity contribution in [1.82, 2.24) is 9.80 Å². The second-order valence-corrected chi connectivity index (χ2v) is 20.8. The summed E-state index contributed by atoms with van der Waals surface area (Å²) >= 11 is -1.73. The summed E-state index contributed by atoms with van der Waals surface area (Å²) in [5.74, 6) is 0. The van der Waals surface area contributed by atoms with Crippen molar-refractivity contribution in [2.75, 3.05) is 41.3 Å². The van der Waals surface area contributed by atoms with Crippen LogP contribution in [0.3, 0.4) is 0 Å². The zero-order valence-electron chi connectivity index (χ0n) is 11.6. The summed E-state index contributed by atoms with van der Waals surface area (Å²) < 4.78 is 6.13. The van der Waals surface area contributed by atoms with Gasteiger partial charge in [-0.3, -0.25) is 0 Å². The molecule has 0 aromatic carbocycles. The van der Waals surface area contributed by atoms with Gasteiger partial charge in [-0.15, -0.1) is 0 Å². The van der Waals surface area contributed by atoms with Crippen molar-refractivity contribution in [3.8, 4) is 0 Å². The van der Waals surface area contributed by atoms with E-state index in [2.05, 4.69) is 51.8 Å². The molecule has 92 valence electrons. The van der Waals surface area contributed by atoms with Gasteiger partial charge >= 0.3 is 101 Å². The first kappa shape index (κ1) is 15.7. The molecule has 0 fully saturated rings. The standard InChI is InChI=1S/2C4H10N.2C2H5.Sn/c2*1-4-5(2)3;2*1-2;/h2*1,4H2,2-3H3;2*1H2,2H3;. The van der Waals surface area contributed by atoms with E-state index in [4.69, 9.17) is 0 Å². The summed E-state index contributed by atoms with van der Waals surface area (Å²) in [6, 6.07) is 0. The number of hydrogen-bond acceptors (Lipinski definition) is 2. The van der Waals surface area contributed by atoms with Crippen LogP contribution in [0.1, 0.15) is 13.8 Å². The Labute approximate surface area is 101 Å². The number of hydrogen-bond donors (Lipinski definition) is 0. The minimum atomic E-state index is -1.73. The van der Waals surface area contributed by atoms with E-state index in [1.807, 2.05) is 0 Å². The predicted molar refractivity (Wildman–Crippen MR) is 73.4 cm³/mol. The molecule has 3 heteroatoms. The SMILES string of the molecule is C[CH2][Sn]([CH2]C)([CH2]CN(C)C)[CH2]CN(C)C. The summed E-state index contributed by atoms with van der Waals surface area (Å²) in [6.07, 6.45) is 0. The van der Waals surface area contributed by atoms with Crippen LogP contribution in [0.15, 0.2) is 0 Å². The minimum absolute atomic E-state index is 1.31. The molecular weight excluding hydrogens is 291 g/mol. The van der Waals surface area contributed by atoms with Crippen LogP contribution in [-0.2, 0) is 0 Å². The fourth-order valence-corrected chi connectivity index (χ4v) is 13.4. The molecule has 0 spiro atoms. The van der Waals surface area contributed by atoms with Crippen LogP contribution in [0.5, 0.6) is 0 Å². The number of nitrogens with zero attached hydrogens (tertiary/aromatic N) is 2. The molecule has 0 amide bonds. The van der Waals surface area contributed by atoms with Crippen molar-refractivity contribution in [1.29, 1.82) is 0 Å². The van der Waals surface area contributed by atoms with Crippen LogP contribution < -0.4 is 0 Å². The van der Waals surface area contributed by atoms with Gasteiger partial charge in [0, 0.05) is 0 Å². The van der Waals surface area contributed by atoms with Crippen molar-refractivity contribution >= 4 is 18.4 Å². The van der Waals surface area contributed by atoms with Crippen LogP contribution in [0.4, 0.5) is 0 Å². The third-order valence-electron chi connectivity index (χ3n) is 3.68. The van der Waals surface area contributed by atoms with E-state index in [1.54, 1.807) is 8.87 Å². The average Bonchev–Trinajstić information content (AvgIpc) is 2.19. The molecule has 0 aliphatic carbocycles. The molecular formula is C12H30N2Sn. The molecule has 0 N–H and O–H groups in total. The molecule has 2 nitrogen and oxygen atoms in total. The first-order chi connectivity index (χ1) is 6.95. The molecule has 0 bridgehead atoms. The molecule has 0 atom stereocenters. The summed E-state index contributed by atoms with van der Waals surface area (Å²) in [5.41, 5.74) is 0. The zero-order chi connectivity index (χ0) is 11.9. The molecule has 0 unspecified atom stereocenters. The molecule has 0 rings (SSSR count). The van der Waals surface area contributed by atoms with Gasteiger partial charge in [0.05, 0.1) is 0 Å². The molecule has 0 aliphatic heterocycles. The van der Waals surface area contributed by atoms with Crippen molar-refractivity contribution in [2.24, 2.45) is 0 Å². The summed E-state index contributed by atoms with van der Waals surface area (Å²) in [5, 5.41) is 0. The van der Waals surface area contributed by atoms with Gasteiger partial charge < -0.3 is 0 Å². The van der Waals surface area contributed by atoms with Crippen LogP contribution in [0, 0.1) is 0 Å². The maximum atomic E-state index is 2.44. The Morgan fingerprint density at radius 3 is 1.27 bits per heavy atom. The van der Waals surface area contributed by atoms with Gasteiger partial charge in [0.25, 0.3) is 0 Å². The van der Waals surface area contributed by atoms with Gasteiger partial charge in [-0.05, 0) is 0 Å². The van der Waals surface area contributed by atoms with Gasteiger partial charge in [-0.2, -0.15) is 0 Å². The van der Waals surface area contributed by atoms with Crippen LogP contribution in [0.25, 0.3) is 0 Å². The summed E-state index contributed by atoms with van der Waals surface area (Å²) in [7, 11) is 8.81. The zero-order valence-corrected chi connectivity index (χ0v) is 14.5. The van der Waals surface area contributed by atoms with E-state index in [1.165, 1.54) is 22.0 Å². The third kappa shape index (κ3) is 6.80. The van der Waals surface area contributed by atoms with Crippen molar-refractivity contribution in [3.05, 3.63) is 0 Å². The van der Waals surface area contributed by atoms with Crippen molar-refractivity contribution in [2.45, 2.75) is 31.6 Å². The maximum absolute atomic E-state index is 2.44. The van der Waals surface area contributed by atoms with Gasteiger partial charge in [0.15, 0.2) is 0 Å². The van der Waals surface area contributed by atoms with Gasteiger partial charge in [-0.1, -0.05) is 0 Å². The first-order valence-electron chi connectivity index (χ1n) is 6.25. The first-order valence-corrected chi connectivity index (χ1v) is 14.3. The predicted octanol–water partition coefficient (Wildman–Crippen LogP) is 2.60. The second kappa shape index (κ2) is 7.91. The molecule has 0 radical (unpaired) electrons. The molecule has 0 heterocycles. The fraction of sp³-hybridized carbons (Fsp3) is 1.00. The monoisotopic (exact) mass is 322 g/mol. The van der Waals surface area contributed by atoms with Crippen LogP contribution >= 0.6 is 0 Å². The van der Waals surface area contributed by atoms with Gasteiger partial charge in [-0.25, -0.2) is 0 Å². The van der Waals surface area contributed by atoms with E-state index in [0.717, 1.165) is 0 Å². The van der Waals surface area contributed by atoms with E-state index in [0.29, 0.717) is 0 Å². The van der Waals surface area contributed by atoms with E-state index < -0.39 is 18.4 Å². The van der Waals surface area contributed by atoms with Gasteiger partial charge in [0.1, 0.15) is 0 Å². The van der Waals surface area contributed by atoms with Crippen LogP contribution in [-0.4, -0.2) is 69.5 Å².